The highest BCUT2D eigenvalue weighted by Crippen LogP contribution is 2.49. The summed E-state index contributed by atoms with van der Waals surface area (Å²) in [5.74, 6) is 2.94. The number of hydrogen-bond acceptors (Lipinski definition) is 5. The van der Waals surface area contributed by atoms with Gasteiger partial charge in [0.1, 0.15) is 24.7 Å². The van der Waals surface area contributed by atoms with E-state index in [0.29, 0.717) is 64.7 Å². The molecule has 0 N–H and O–H groups in total. The molecular weight excluding hydrogens is 368 g/mol. The van der Waals surface area contributed by atoms with E-state index in [2.05, 4.69) is 48.5 Å². The lowest BCUT2D eigenvalue weighted by Crippen LogP contribution is -2.21. The second-order valence-electron chi connectivity index (χ2n) is 7.46. The van der Waals surface area contributed by atoms with Crippen LogP contribution in [-0.2, 0) is 14.2 Å². The number of rotatable bonds is 0. The van der Waals surface area contributed by atoms with Gasteiger partial charge in [-0.3, -0.25) is 0 Å². The first kappa shape index (κ1) is 20.2. The number of ether oxygens (including phenoxy) is 5. The molecule has 3 aliphatic heterocycles. The summed E-state index contributed by atoms with van der Waals surface area (Å²) in [5, 5.41) is 0. The van der Waals surface area contributed by atoms with Crippen molar-refractivity contribution in [3.05, 3.63) is 59.7 Å². The molecule has 1 fully saturated rings. The molecule has 2 aromatic rings. The van der Waals surface area contributed by atoms with E-state index < -0.39 is 0 Å². The second-order valence-corrected chi connectivity index (χ2v) is 7.46. The molecule has 0 amide bonds. The van der Waals surface area contributed by atoms with Crippen molar-refractivity contribution in [2.75, 3.05) is 52.9 Å². The molecule has 1 saturated carbocycles. The largest absolute Gasteiger partial charge is 0.491 e. The van der Waals surface area contributed by atoms with Gasteiger partial charge in [-0.1, -0.05) is 24.3 Å². The minimum Gasteiger partial charge on any atom is -0.491 e. The average molecular weight is 398 g/mol. The highest BCUT2D eigenvalue weighted by molar-refractivity contribution is 5.37. The molecule has 5 nitrogen and oxygen atoms in total. The van der Waals surface area contributed by atoms with Crippen molar-refractivity contribution in [3.8, 4) is 11.5 Å². The Morgan fingerprint density at radius 3 is 1.14 bits per heavy atom. The van der Waals surface area contributed by atoms with Gasteiger partial charge >= 0.3 is 0 Å². The highest BCUT2D eigenvalue weighted by atomic mass is 16.6. The number of fused-ring (bicyclic) bond motifs is 2. The number of hydrogen-bond donors (Lipinski definition) is 0. The fourth-order valence-electron chi connectivity index (χ4n) is 3.90. The van der Waals surface area contributed by atoms with Crippen LogP contribution >= 0.6 is 0 Å². The monoisotopic (exact) mass is 398 g/mol. The van der Waals surface area contributed by atoms with Gasteiger partial charge in [0.25, 0.3) is 0 Å². The van der Waals surface area contributed by atoms with Crippen LogP contribution in [0, 0.1) is 0 Å². The molecule has 2 atom stereocenters. The predicted molar refractivity (Wildman–Crippen MR) is 111 cm³/mol. The van der Waals surface area contributed by atoms with Gasteiger partial charge in [0.05, 0.1) is 39.6 Å². The maximum Gasteiger partial charge on any atom is 0.119 e. The molecule has 6 rings (SSSR count). The van der Waals surface area contributed by atoms with E-state index in [1.165, 1.54) is 24.0 Å². The fraction of sp³-hybridized carbons (Fsp3) is 0.500. The minimum atomic E-state index is 0.543. The van der Waals surface area contributed by atoms with E-state index in [4.69, 9.17) is 23.7 Å². The summed E-state index contributed by atoms with van der Waals surface area (Å²) < 4.78 is 28.1. The van der Waals surface area contributed by atoms with Crippen molar-refractivity contribution in [1.29, 1.82) is 0 Å². The molecule has 0 saturated heterocycles. The Morgan fingerprint density at radius 2 is 0.793 bits per heavy atom. The average Bonchev–Trinajstić information content (AvgIpc) is 2.72. The van der Waals surface area contributed by atoms with Gasteiger partial charge in [0, 0.05) is 0 Å². The zero-order valence-electron chi connectivity index (χ0n) is 16.9. The van der Waals surface area contributed by atoms with Gasteiger partial charge in [-0.05, 0) is 60.1 Å². The van der Waals surface area contributed by atoms with Crippen molar-refractivity contribution >= 4 is 0 Å². The van der Waals surface area contributed by atoms with E-state index >= 15 is 0 Å². The zero-order chi connectivity index (χ0) is 19.7. The molecular formula is C24H30O5. The van der Waals surface area contributed by atoms with Gasteiger partial charge in [0.15, 0.2) is 0 Å². The van der Waals surface area contributed by atoms with Crippen LogP contribution in [0.15, 0.2) is 48.5 Å². The van der Waals surface area contributed by atoms with E-state index in [9.17, 15) is 0 Å². The topological polar surface area (TPSA) is 46.2 Å². The molecule has 2 unspecified atom stereocenters. The highest BCUT2D eigenvalue weighted by Gasteiger charge is 2.33. The van der Waals surface area contributed by atoms with Gasteiger partial charge in [-0.2, -0.15) is 0 Å². The zero-order valence-corrected chi connectivity index (χ0v) is 16.9. The minimum absolute atomic E-state index is 0.543. The van der Waals surface area contributed by atoms with Crippen LogP contribution in [0.3, 0.4) is 0 Å². The first-order valence-electron chi connectivity index (χ1n) is 10.6. The standard InChI is InChI=1S/C24H30O5/c1-5-21-6-2-19(1)23-9-10-24(23)20-3-7-22(8-4-20)29-18-16-27-14-12-25-11-13-26-15-17-28-21/h1-8,23-24H,9-18H2. The Kier molecular flexibility index (Phi) is 7.40. The third-order valence-corrected chi connectivity index (χ3v) is 5.63. The summed E-state index contributed by atoms with van der Waals surface area (Å²) in [4.78, 5) is 0. The molecule has 3 heterocycles. The van der Waals surface area contributed by atoms with Gasteiger partial charge < -0.3 is 23.7 Å². The maximum absolute atomic E-state index is 5.78. The Bertz CT molecular complexity index is 664. The molecule has 4 bridgehead atoms. The quantitative estimate of drug-likeness (QED) is 0.667. The molecule has 1 aliphatic carbocycles. The second kappa shape index (κ2) is 10.6. The first-order valence-corrected chi connectivity index (χ1v) is 10.6. The van der Waals surface area contributed by atoms with Crippen LogP contribution in [0.25, 0.3) is 0 Å². The van der Waals surface area contributed by atoms with Crippen LogP contribution in [0.4, 0.5) is 0 Å². The SMILES string of the molecule is c1cc2ccc1OCCOCCOCCOCCOc1ccc(cc1)C1CCC21. The van der Waals surface area contributed by atoms with Crippen LogP contribution < -0.4 is 9.47 Å². The lowest BCUT2D eigenvalue weighted by molar-refractivity contribution is 0.00499. The van der Waals surface area contributed by atoms with Crippen molar-refractivity contribution in [3.63, 3.8) is 0 Å². The van der Waals surface area contributed by atoms with Crippen LogP contribution in [0.2, 0.25) is 0 Å². The molecule has 2 aromatic carbocycles. The fourth-order valence-corrected chi connectivity index (χ4v) is 3.90. The van der Waals surface area contributed by atoms with E-state index in [-0.39, 0.29) is 0 Å². The molecule has 0 aromatic heterocycles. The Hall–Kier alpha value is -2.08. The lowest BCUT2D eigenvalue weighted by atomic mass is 9.67. The summed E-state index contributed by atoms with van der Waals surface area (Å²) in [5.41, 5.74) is 2.77. The third-order valence-electron chi connectivity index (χ3n) is 5.63. The van der Waals surface area contributed by atoms with E-state index in [0.717, 1.165) is 11.5 Å². The van der Waals surface area contributed by atoms with Gasteiger partial charge in [-0.25, -0.2) is 0 Å². The number of benzene rings is 2. The van der Waals surface area contributed by atoms with E-state index in [1.807, 2.05) is 0 Å². The molecule has 156 valence electrons. The normalized spacial score (nSPS) is 24.0. The van der Waals surface area contributed by atoms with Crippen molar-refractivity contribution in [2.45, 2.75) is 24.7 Å². The van der Waals surface area contributed by atoms with Gasteiger partial charge in [-0.15, -0.1) is 0 Å². The summed E-state index contributed by atoms with van der Waals surface area (Å²) in [6.07, 6.45) is 2.47. The molecule has 0 radical (unpaired) electrons. The summed E-state index contributed by atoms with van der Waals surface area (Å²) in [7, 11) is 0. The van der Waals surface area contributed by atoms with Crippen molar-refractivity contribution in [2.24, 2.45) is 0 Å². The van der Waals surface area contributed by atoms with Crippen LogP contribution in [0.5, 0.6) is 11.5 Å². The molecule has 0 spiro atoms. The summed E-state index contributed by atoms with van der Waals surface area (Å²) in [6, 6.07) is 17.1. The van der Waals surface area contributed by atoms with E-state index in [1.54, 1.807) is 0 Å². The Morgan fingerprint density at radius 1 is 0.448 bits per heavy atom. The van der Waals surface area contributed by atoms with Crippen molar-refractivity contribution < 1.29 is 23.7 Å². The lowest BCUT2D eigenvalue weighted by Gasteiger charge is -2.37. The van der Waals surface area contributed by atoms with Crippen LogP contribution in [0.1, 0.15) is 35.8 Å². The molecule has 5 heteroatoms. The van der Waals surface area contributed by atoms with Gasteiger partial charge in [0.2, 0.25) is 0 Å². The summed E-state index contributed by atoms with van der Waals surface area (Å²) in [6.45, 7) is 4.43. The maximum atomic E-state index is 5.78. The smallest absolute Gasteiger partial charge is 0.119 e. The molecule has 4 aliphatic rings. The Balaban J connectivity index is 1.39. The third kappa shape index (κ3) is 5.72. The molecule has 29 heavy (non-hydrogen) atoms. The van der Waals surface area contributed by atoms with Crippen LogP contribution in [-0.4, -0.2) is 52.9 Å². The Labute approximate surface area is 172 Å². The van der Waals surface area contributed by atoms with Crippen molar-refractivity contribution in [1.82, 2.24) is 0 Å². The first-order chi connectivity index (χ1) is 14.4. The predicted octanol–water partition coefficient (Wildman–Crippen LogP) is 4.17. The summed E-state index contributed by atoms with van der Waals surface area (Å²) >= 11 is 0.